The molecule has 1 saturated heterocycles. The summed E-state index contributed by atoms with van der Waals surface area (Å²) in [5, 5.41) is 12.4. The summed E-state index contributed by atoms with van der Waals surface area (Å²) in [6.45, 7) is 1.51. The normalized spacial score (nSPS) is 18.6. The van der Waals surface area contributed by atoms with Crippen LogP contribution in [0.2, 0.25) is 0 Å². The van der Waals surface area contributed by atoms with Gasteiger partial charge in [0.05, 0.1) is 11.5 Å². The molecule has 0 bridgehead atoms. The Morgan fingerprint density at radius 3 is 2.65 bits per heavy atom. The van der Waals surface area contributed by atoms with Gasteiger partial charge in [-0.2, -0.15) is 5.26 Å². The number of hydrogen-bond acceptors (Lipinski definition) is 2. The van der Waals surface area contributed by atoms with Crippen LogP contribution in [0.3, 0.4) is 0 Å². The third kappa shape index (κ3) is 2.45. The maximum Gasteiger partial charge on any atom is 0.162 e. The Bertz CT molecular complexity index is 445. The summed E-state index contributed by atoms with van der Waals surface area (Å²) >= 11 is 0. The molecule has 0 atom stereocenters. The Labute approximate surface area is 99.3 Å². The van der Waals surface area contributed by atoms with E-state index in [1.54, 1.807) is 6.07 Å². The first-order chi connectivity index (χ1) is 8.17. The molecule has 0 radical (unpaired) electrons. The van der Waals surface area contributed by atoms with Crippen LogP contribution in [0.4, 0.5) is 8.78 Å². The van der Waals surface area contributed by atoms with Gasteiger partial charge in [-0.25, -0.2) is 8.78 Å². The molecule has 1 aromatic carbocycles. The molecule has 17 heavy (non-hydrogen) atoms. The minimum atomic E-state index is -0.843. The van der Waals surface area contributed by atoms with Crippen molar-refractivity contribution < 1.29 is 8.78 Å². The number of hydrogen-bond donors (Lipinski definition) is 1. The van der Waals surface area contributed by atoms with E-state index >= 15 is 0 Å². The van der Waals surface area contributed by atoms with Crippen LogP contribution >= 0.6 is 0 Å². The first-order valence-electron chi connectivity index (χ1n) is 5.72. The molecule has 0 spiro atoms. The molecular formula is C13H14F2N2. The second-order valence-corrected chi connectivity index (χ2v) is 4.53. The number of piperidine rings is 1. The van der Waals surface area contributed by atoms with Crippen LogP contribution in [-0.2, 0) is 6.42 Å². The third-order valence-corrected chi connectivity index (χ3v) is 3.36. The summed E-state index contributed by atoms with van der Waals surface area (Å²) in [6.07, 6.45) is 1.65. The molecule has 0 aliphatic carbocycles. The summed E-state index contributed by atoms with van der Waals surface area (Å²) in [5.41, 5.74) is -0.256. The van der Waals surface area contributed by atoms with Gasteiger partial charge >= 0.3 is 0 Å². The van der Waals surface area contributed by atoms with E-state index < -0.39 is 17.0 Å². The zero-order chi connectivity index (χ0) is 12.3. The van der Waals surface area contributed by atoms with Crippen LogP contribution in [0, 0.1) is 28.4 Å². The second-order valence-electron chi connectivity index (χ2n) is 4.53. The van der Waals surface area contributed by atoms with Gasteiger partial charge in [-0.1, -0.05) is 12.1 Å². The van der Waals surface area contributed by atoms with Crippen molar-refractivity contribution in [2.75, 3.05) is 13.1 Å². The molecular weight excluding hydrogens is 222 g/mol. The van der Waals surface area contributed by atoms with E-state index in [1.165, 1.54) is 6.07 Å². The summed E-state index contributed by atoms with van der Waals surface area (Å²) in [5.74, 6) is -1.66. The van der Waals surface area contributed by atoms with Crippen LogP contribution in [0.5, 0.6) is 0 Å². The lowest BCUT2D eigenvalue weighted by Gasteiger charge is -2.31. The number of halogens is 2. The predicted molar refractivity (Wildman–Crippen MR) is 60.2 cm³/mol. The van der Waals surface area contributed by atoms with E-state index in [2.05, 4.69) is 11.4 Å². The molecule has 1 aromatic rings. The van der Waals surface area contributed by atoms with Crippen LogP contribution < -0.4 is 5.32 Å². The number of rotatable bonds is 2. The molecule has 0 aromatic heterocycles. The van der Waals surface area contributed by atoms with E-state index in [-0.39, 0.29) is 6.42 Å². The minimum absolute atomic E-state index is 0.286. The first kappa shape index (κ1) is 12.0. The van der Waals surface area contributed by atoms with Crippen LogP contribution in [-0.4, -0.2) is 13.1 Å². The van der Waals surface area contributed by atoms with E-state index in [4.69, 9.17) is 0 Å². The van der Waals surface area contributed by atoms with Crippen molar-refractivity contribution in [1.29, 1.82) is 5.26 Å². The number of benzene rings is 1. The van der Waals surface area contributed by atoms with Gasteiger partial charge in [0.1, 0.15) is 0 Å². The van der Waals surface area contributed by atoms with Gasteiger partial charge in [-0.05, 0) is 44.0 Å². The maximum atomic E-state index is 13.6. The van der Waals surface area contributed by atoms with Crippen molar-refractivity contribution in [3.8, 4) is 6.07 Å². The summed E-state index contributed by atoms with van der Waals surface area (Å²) in [6, 6.07) is 6.42. The van der Waals surface area contributed by atoms with Gasteiger partial charge in [-0.15, -0.1) is 0 Å². The lowest BCUT2D eigenvalue weighted by Crippen LogP contribution is -2.37. The van der Waals surface area contributed by atoms with Crippen molar-refractivity contribution in [3.63, 3.8) is 0 Å². The molecule has 2 rings (SSSR count). The van der Waals surface area contributed by atoms with Gasteiger partial charge in [0.15, 0.2) is 11.6 Å². The smallest absolute Gasteiger partial charge is 0.162 e. The average molecular weight is 236 g/mol. The van der Waals surface area contributed by atoms with Gasteiger partial charge in [0, 0.05) is 0 Å². The highest BCUT2D eigenvalue weighted by molar-refractivity contribution is 5.23. The molecule has 2 nitrogen and oxygen atoms in total. The van der Waals surface area contributed by atoms with Crippen LogP contribution in [0.25, 0.3) is 0 Å². The van der Waals surface area contributed by atoms with E-state index in [0.29, 0.717) is 18.4 Å². The van der Waals surface area contributed by atoms with Crippen molar-refractivity contribution in [2.24, 2.45) is 5.41 Å². The standard InChI is InChI=1S/C13H14F2N2/c14-11-3-1-2-10(12(11)15)8-13(9-16)4-6-17-7-5-13/h1-3,17H,4-8H2. The second kappa shape index (κ2) is 4.80. The summed E-state index contributed by atoms with van der Waals surface area (Å²) < 4.78 is 26.7. The van der Waals surface area contributed by atoms with E-state index in [0.717, 1.165) is 19.2 Å². The quantitative estimate of drug-likeness (QED) is 0.855. The molecule has 0 amide bonds. The molecule has 1 heterocycles. The Hall–Kier alpha value is -1.47. The van der Waals surface area contributed by atoms with Crippen LogP contribution in [0.1, 0.15) is 18.4 Å². The average Bonchev–Trinajstić information content (AvgIpc) is 2.36. The topological polar surface area (TPSA) is 35.8 Å². The minimum Gasteiger partial charge on any atom is -0.317 e. The largest absolute Gasteiger partial charge is 0.317 e. The van der Waals surface area contributed by atoms with Gasteiger partial charge < -0.3 is 5.32 Å². The summed E-state index contributed by atoms with van der Waals surface area (Å²) in [7, 11) is 0. The molecule has 1 fully saturated rings. The monoisotopic (exact) mass is 236 g/mol. The van der Waals surface area contributed by atoms with Crippen molar-refractivity contribution in [1.82, 2.24) is 5.32 Å². The fourth-order valence-electron chi connectivity index (χ4n) is 2.28. The maximum absolute atomic E-state index is 13.6. The molecule has 4 heteroatoms. The zero-order valence-electron chi connectivity index (χ0n) is 9.47. The predicted octanol–water partition coefficient (Wildman–Crippen LogP) is 2.40. The van der Waals surface area contributed by atoms with Crippen molar-refractivity contribution in [2.45, 2.75) is 19.3 Å². The molecule has 0 unspecified atom stereocenters. The third-order valence-electron chi connectivity index (χ3n) is 3.36. The SMILES string of the molecule is N#CC1(Cc2cccc(F)c2F)CCNCC1. The number of nitrogens with zero attached hydrogens (tertiary/aromatic N) is 1. The first-order valence-corrected chi connectivity index (χ1v) is 5.72. The Morgan fingerprint density at radius 2 is 2.00 bits per heavy atom. The number of nitriles is 1. The van der Waals surface area contributed by atoms with Gasteiger partial charge in [0.25, 0.3) is 0 Å². The fraction of sp³-hybridized carbons (Fsp3) is 0.462. The fourth-order valence-corrected chi connectivity index (χ4v) is 2.28. The van der Waals surface area contributed by atoms with Crippen molar-refractivity contribution >= 4 is 0 Å². The Kier molecular flexibility index (Phi) is 3.39. The highest BCUT2D eigenvalue weighted by Crippen LogP contribution is 2.33. The highest BCUT2D eigenvalue weighted by atomic mass is 19.2. The molecule has 1 aliphatic heterocycles. The zero-order valence-corrected chi connectivity index (χ0v) is 9.47. The van der Waals surface area contributed by atoms with Crippen molar-refractivity contribution in [3.05, 3.63) is 35.4 Å². The Morgan fingerprint density at radius 1 is 1.29 bits per heavy atom. The number of nitrogens with one attached hydrogen (secondary N) is 1. The van der Waals surface area contributed by atoms with Crippen LogP contribution in [0.15, 0.2) is 18.2 Å². The molecule has 0 saturated carbocycles. The lowest BCUT2D eigenvalue weighted by molar-refractivity contribution is 0.276. The molecule has 90 valence electrons. The lowest BCUT2D eigenvalue weighted by atomic mass is 9.75. The molecule has 1 aliphatic rings. The van der Waals surface area contributed by atoms with E-state index in [1.807, 2.05) is 0 Å². The van der Waals surface area contributed by atoms with Gasteiger partial charge in [0.2, 0.25) is 0 Å². The van der Waals surface area contributed by atoms with Gasteiger partial charge in [-0.3, -0.25) is 0 Å². The summed E-state index contributed by atoms with van der Waals surface area (Å²) in [4.78, 5) is 0. The highest BCUT2D eigenvalue weighted by Gasteiger charge is 2.33. The molecule has 1 N–H and O–H groups in total. The Balaban J connectivity index is 2.24. The van der Waals surface area contributed by atoms with E-state index in [9.17, 15) is 14.0 Å².